The van der Waals surface area contributed by atoms with Crippen LogP contribution in [0.2, 0.25) is 0 Å². The van der Waals surface area contributed by atoms with Gasteiger partial charge in [0.05, 0.1) is 36.0 Å². The Hall–Kier alpha value is -6.30. The summed E-state index contributed by atoms with van der Waals surface area (Å²) in [6, 6.07) is 33.0. The standard InChI is InChI=1S/C35H32N8O4/c1-24-32(34(44)42(40-24)26-14-5-3-6-15-26)38-36-28-18-9-11-20-30(28)46-22-13-23-47-31-21-12-10-19-29(31)37-39-33-25(2)41-43(35(33)45)27-16-7-4-8-17-27/h3-12,14-21,40-41H,13,22-23H2,1-2H3. The largest absolute Gasteiger partial charge is 0.491 e. The Morgan fingerprint density at radius 2 is 0.915 bits per heavy atom. The summed E-state index contributed by atoms with van der Waals surface area (Å²) in [5.41, 5.74) is 3.48. The summed E-state index contributed by atoms with van der Waals surface area (Å²) in [6.45, 7) is 4.25. The smallest absolute Gasteiger partial charge is 0.299 e. The number of aromatic amines is 2. The molecule has 0 fully saturated rings. The summed E-state index contributed by atoms with van der Waals surface area (Å²) >= 11 is 0. The number of azo groups is 2. The first-order valence-corrected chi connectivity index (χ1v) is 15.0. The van der Waals surface area contributed by atoms with Gasteiger partial charge in [-0.3, -0.25) is 19.8 Å². The molecule has 6 rings (SSSR count). The Kier molecular flexibility index (Phi) is 9.28. The number of benzene rings is 4. The van der Waals surface area contributed by atoms with Crippen molar-refractivity contribution < 1.29 is 9.47 Å². The lowest BCUT2D eigenvalue weighted by atomic mass is 10.3. The van der Waals surface area contributed by atoms with Gasteiger partial charge in [-0.15, -0.1) is 20.5 Å². The summed E-state index contributed by atoms with van der Waals surface area (Å²) < 4.78 is 14.9. The molecule has 6 aromatic rings. The quantitative estimate of drug-likeness (QED) is 0.105. The molecule has 0 amide bonds. The highest BCUT2D eigenvalue weighted by atomic mass is 16.5. The monoisotopic (exact) mass is 628 g/mol. The minimum atomic E-state index is -0.291. The van der Waals surface area contributed by atoms with Crippen LogP contribution in [0, 0.1) is 13.8 Å². The average Bonchev–Trinajstić information content (AvgIpc) is 3.56. The number of nitrogens with zero attached hydrogens (tertiary/aromatic N) is 6. The van der Waals surface area contributed by atoms with E-state index in [2.05, 4.69) is 30.7 Å². The second kappa shape index (κ2) is 14.2. The van der Waals surface area contributed by atoms with Crippen LogP contribution in [-0.2, 0) is 0 Å². The zero-order chi connectivity index (χ0) is 32.6. The first-order valence-electron chi connectivity index (χ1n) is 15.0. The molecule has 2 aromatic heterocycles. The van der Waals surface area contributed by atoms with Crippen LogP contribution in [0.25, 0.3) is 11.4 Å². The van der Waals surface area contributed by atoms with Gasteiger partial charge in [0.1, 0.15) is 22.9 Å². The highest BCUT2D eigenvalue weighted by molar-refractivity contribution is 5.53. The van der Waals surface area contributed by atoms with E-state index in [1.54, 1.807) is 38.1 Å². The van der Waals surface area contributed by atoms with E-state index in [0.29, 0.717) is 65.3 Å². The fourth-order valence-corrected chi connectivity index (χ4v) is 4.78. The Labute approximate surface area is 269 Å². The van der Waals surface area contributed by atoms with Gasteiger partial charge in [0.15, 0.2) is 11.4 Å². The molecule has 2 heterocycles. The number of hydrogen-bond acceptors (Lipinski definition) is 8. The second-order valence-electron chi connectivity index (χ2n) is 10.5. The van der Waals surface area contributed by atoms with Crippen LogP contribution in [0.3, 0.4) is 0 Å². The van der Waals surface area contributed by atoms with Crippen LogP contribution in [-0.4, -0.2) is 32.8 Å². The van der Waals surface area contributed by atoms with Crippen LogP contribution >= 0.6 is 0 Å². The van der Waals surface area contributed by atoms with E-state index in [4.69, 9.17) is 9.47 Å². The Balaban J connectivity index is 1.07. The number of para-hydroxylation sites is 4. The van der Waals surface area contributed by atoms with Crippen molar-refractivity contribution in [3.05, 3.63) is 141 Å². The molecule has 0 atom stereocenters. The number of H-pyrrole nitrogens is 2. The van der Waals surface area contributed by atoms with Gasteiger partial charge < -0.3 is 9.47 Å². The number of nitrogens with one attached hydrogen (secondary N) is 2. The van der Waals surface area contributed by atoms with E-state index in [9.17, 15) is 9.59 Å². The van der Waals surface area contributed by atoms with Crippen molar-refractivity contribution in [2.75, 3.05) is 13.2 Å². The van der Waals surface area contributed by atoms with E-state index in [-0.39, 0.29) is 22.5 Å². The Morgan fingerprint density at radius 3 is 1.34 bits per heavy atom. The van der Waals surface area contributed by atoms with E-state index in [1.807, 2.05) is 84.9 Å². The predicted octanol–water partition coefficient (Wildman–Crippen LogP) is 7.94. The molecule has 0 unspecified atom stereocenters. The lowest BCUT2D eigenvalue weighted by Crippen LogP contribution is -2.13. The molecule has 0 spiro atoms. The molecule has 0 bridgehead atoms. The van der Waals surface area contributed by atoms with Crippen molar-refractivity contribution in [1.29, 1.82) is 0 Å². The molecule has 0 saturated carbocycles. The summed E-state index contributed by atoms with van der Waals surface area (Å²) in [5.74, 6) is 1.06. The Bertz CT molecular complexity index is 1990. The zero-order valence-electron chi connectivity index (χ0n) is 25.8. The van der Waals surface area contributed by atoms with Crippen molar-refractivity contribution in [3.8, 4) is 22.9 Å². The molecule has 0 saturated heterocycles. The van der Waals surface area contributed by atoms with Crippen LogP contribution in [0.15, 0.2) is 139 Å². The first kappa shape index (κ1) is 30.7. The summed E-state index contributed by atoms with van der Waals surface area (Å²) in [7, 11) is 0. The minimum absolute atomic E-state index is 0.224. The average molecular weight is 629 g/mol. The van der Waals surface area contributed by atoms with Crippen molar-refractivity contribution >= 4 is 22.7 Å². The fraction of sp³-hybridized carbons (Fsp3) is 0.143. The highest BCUT2D eigenvalue weighted by Crippen LogP contribution is 2.30. The van der Waals surface area contributed by atoms with Gasteiger partial charge in [-0.05, 0) is 62.4 Å². The molecular weight excluding hydrogens is 596 g/mol. The number of ether oxygens (including phenoxy) is 2. The molecule has 47 heavy (non-hydrogen) atoms. The van der Waals surface area contributed by atoms with Crippen LogP contribution in [0.4, 0.5) is 22.7 Å². The molecule has 4 aromatic carbocycles. The number of rotatable bonds is 12. The van der Waals surface area contributed by atoms with Gasteiger partial charge in [-0.2, -0.15) is 0 Å². The maximum atomic E-state index is 13.0. The number of hydrogen-bond donors (Lipinski definition) is 2. The number of aromatic nitrogens is 4. The fourth-order valence-electron chi connectivity index (χ4n) is 4.78. The molecule has 0 aliphatic rings. The number of aryl methyl sites for hydroxylation is 2. The SMILES string of the molecule is Cc1[nH]n(-c2ccccc2)c(=O)c1N=Nc1ccccc1OCCCOc1ccccc1N=Nc1c(C)[nH]n(-c2ccccc2)c1=O. The zero-order valence-corrected chi connectivity index (χ0v) is 25.8. The summed E-state index contributed by atoms with van der Waals surface area (Å²) in [4.78, 5) is 26.0. The molecule has 0 aliphatic heterocycles. The van der Waals surface area contributed by atoms with E-state index < -0.39 is 0 Å². The van der Waals surface area contributed by atoms with Crippen molar-refractivity contribution in [2.45, 2.75) is 20.3 Å². The third-order valence-corrected chi connectivity index (χ3v) is 7.16. The van der Waals surface area contributed by atoms with Gasteiger partial charge in [0.2, 0.25) is 0 Å². The minimum Gasteiger partial charge on any atom is -0.491 e. The maximum absolute atomic E-state index is 13.0. The second-order valence-corrected chi connectivity index (χ2v) is 10.5. The Morgan fingerprint density at radius 1 is 0.532 bits per heavy atom. The normalized spacial score (nSPS) is 11.4. The van der Waals surface area contributed by atoms with Crippen LogP contribution < -0.4 is 20.6 Å². The summed E-state index contributed by atoms with van der Waals surface area (Å²) in [6.07, 6.45) is 0.564. The first-order chi connectivity index (χ1) is 23.0. The highest BCUT2D eigenvalue weighted by Gasteiger charge is 2.14. The van der Waals surface area contributed by atoms with E-state index in [1.165, 1.54) is 9.36 Å². The molecule has 2 N–H and O–H groups in total. The van der Waals surface area contributed by atoms with E-state index >= 15 is 0 Å². The lowest BCUT2D eigenvalue weighted by Gasteiger charge is -2.10. The van der Waals surface area contributed by atoms with Gasteiger partial charge >= 0.3 is 0 Å². The van der Waals surface area contributed by atoms with Gasteiger partial charge in [-0.1, -0.05) is 60.7 Å². The molecule has 12 nitrogen and oxygen atoms in total. The van der Waals surface area contributed by atoms with Gasteiger partial charge in [0, 0.05) is 6.42 Å². The third kappa shape index (κ3) is 7.01. The van der Waals surface area contributed by atoms with Crippen LogP contribution in [0.1, 0.15) is 17.8 Å². The molecule has 12 heteroatoms. The van der Waals surface area contributed by atoms with Crippen molar-refractivity contribution in [3.63, 3.8) is 0 Å². The van der Waals surface area contributed by atoms with Gasteiger partial charge in [-0.25, -0.2) is 9.36 Å². The predicted molar refractivity (Wildman–Crippen MR) is 179 cm³/mol. The third-order valence-electron chi connectivity index (χ3n) is 7.16. The van der Waals surface area contributed by atoms with Crippen molar-refractivity contribution in [2.24, 2.45) is 20.5 Å². The van der Waals surface area contributed by atoms with Gasteiger partial charge in [0.25, 0.3) is 11.1 Å². The maximum Gasteiger partial charge on any atom is 0.299 e. The molecule has 236 valence electrons. The van der Waals surface area contributed by atoms with E-state index in [0.717, 1.165) is 0 Å². The molecule has 0 radical (unpaired) electrons. The summed E-state index contributed by atoms with van der Waals surface area (Å²) in [5, 5.41) is 23.3. The topological polar surface area (TPSA) is 143 Å². The van der Waals surface area contributed by atoms with Crippen molar-refractivity contribution in [1.82, 2.24) is 19.6 Å². The molecular formula is C35H32N8O4. The molecule has 0 aliphatic carbocycles. The lowest BCUT2D eigenvalue weighted by molar-refractivity contribution is 0.248. The van der Waals surface area contributed by atoms with Crippen LogP contribution in [0.5, 0.6) is 11.5 Å².